The Morgan fingerprint density at radius 2 is 2.39 bits per heavy atom. The molecule has 0 aromatic carbocycles. The second-order valence-electron chi connectivity index (χ2n) is 4.74. The summed E-state index contributed by atoms with van der Waals surface area (Å²) in [4.78, 5) is 11.7. The van der Waals surface area contributed by atoms with Crippen LogP contribution in [0, 0.1) is 0 Å². The minimum absolute atomic E-state index is 0.0234. The maximum absolute atomic E-state index is 11.7. The van der Waals surface area contributed by atoms with Gasteiger partial charge < -0.3 is 10.1 Å². The summed E-state index contributed by atoms with van der Waals surface area (Å²) >= 11 is 0. The van der Waals surface area contributed by atoms with E-state index in [1.54, 1.807) is 17.3 Å². The normalized spacial score (nSPS) is 22.6. The standard InChI is InChI=1S/C13H21N3O2/c1-2-3-8-18-13(17)10-4-7-12(15-9-10)16(14)11-5-6-11/h4,7,9,11-12,15H,2-3,5-6,8,14H2,1H3. The lowest BCUT2D eigenvalue weighted by molar-refractivity contribution is -0.138. The Labute approximate surface area is 108 Å². The lowest BCUT2D eigenvalue weighted by atomic mass is 10.2. The number of carbonyl (C=O) groups excluding carboxylic acids is 1. The zero-order valence-corrected chi connectivity index (χ0v) is 10.8. The molecule has 1 aliphatic carbocycles. The smallest absolute Gasteiger partial charge is 0.339 e. The van der Waals surface area contributed by atoms with Crippen LogP contribution < -0.4 is 11.2 Å². The number of ether oxygens (including phenoxy) is 1. The zero-order valence-electron chi connectivity index (χ0n) is 10.8. The second kappa shape index (κ2) is 6.02. The van der Waals surface area contributed by atoms with E-state index >= 15 is 0 Å². The molecule has 1 aliphatic heterocycles. The summed E-state index contributed by atoms with van der Waals surface area (Å²) in [7, 11) is 0. The number of rotatable bonds is 6. The fourth-order valence-corrected chi connectivity index (χ4v) is 1.78. The SMILES string of the molecule is CCCCOC(=O)C1=CNC(N(N)C2CC2)C=C1. The van der Waals surface area contributed by atoms with E-state index in [0.29, 0.717) is 18.2 Å². The van der Waals surface area contributed by atoms with E-state index in [1.807, 2.05) is 6.08 Å². The van der Waals surface area contributed by atoms with Gasteiger partial charge in [-0.2, -0.15) is 0 Å². The van der Waals surface area contributed by atoms with Crippen LogP contribution in [0.15, 0.2) is 23.9 Å². The minimum Gasteiger partial charge on any atom is -0.462 e. The van der Waals surface area contributed by atoms with Crippen LogP contribution in [-0.2, 0) is 9.53 Å². The molecule has 1 atom stereocenters. The zero-order chi connectivity index (χ0) is 13.0. The Kier molecular flexibility index (Phi) is 4.38. The summed E-state index contributed by atoms with van der Waals surface area (Å²) in [5, 5.41) is 4.91. The number of carbonyl (C=O) groups is 1. The van der Waals surface area contributed by atoms with Crippen LogP contribution in [-0.4, -0.2) is 29.8 Å². The highest BCUT2D eigenvalue weighted by Crippen LogP contribution is 2.26. The number of hydrogen-bond donors (Lipinski definition) is 2. The molecule has 0 bridgehead atoms. The predicted octanol–water partition coefficient (Wildman–Crippen LogP) is 1.04. The van der Waals surface area contributed by atoms with Gasteiger partial charge in [-0.15, -0.1) is 0 Å². The molecule has 5 heteroatoms. The summed E-state index contributed by atoms with van der Waals surface area (Å²) in [6.45, 7) is 2.54. The maximum atomic E-state index is 11.7. The third-order valence-electron chi connectivity index (χ3n) is 3.12. The Balaban J connectivity index is 1.79. The van der Waals surface area contributed by atoms with Crippen molar-refractivity contribution in [2.75, 3.05) is 6.61 Å². The van der Waals surface area contributed by atoms with E-state index in [2.05, 4.69) is 12.2 Å². The van der Waals surface area contributed by atoms with E-state index in [9.17, 15) is 4.79 Å². The number of hydrogen-bond acceptors (Lipinski definition) is 5. The molecule has 0 saturated heterocycles. The first-order chi connectivity index (χ1) is 8.72. The first kappa shape index (κ1) is 13.1. The first-order valence-electron chi connectivity index (χ1n) is 6.57. The third kappa shape index (κ3) is 3.34. The highest BCUT2D eigenvalue weighted by molar-refractivity contribution is 5.91. The van der Waals surface area contributed by atoms with Crippen LogP contribution >= 0.6 is 0 Å². The van der Waals surface area contributed by atoms with Crippen molar-refractivity contribution in [3.63, 3.8) is 0 Å². The number of nitrogens with one attached hydrogen (secondary N) is 1. The van der Waals surface area contributed by atoms with Crippen LogP contribution in [0.25, 0.3) is 0 Å². The Morgan fingerprint density at radius 3 is 2.94 bits per heavy atom. The molecule has 0 radical (unpaired) electrons. The number of esters is 1. The van der Waals surface area contributed by atoms with Crippen LogP contribution in [0.4, 0.5) is 0 Å². The van der Waals surface area contributed by atoms with Gasteiger partial charge in [0.2, 0.25) is 0 Å². The average Bonchev–Trinajstić information content (AvgIpc) is 3.22. The molecule has 1 saturated carbocycles. The van der Waals surface area contributed by atoms with Crippen LogP contribution in [0.2, 0.25) is 0 Å². The van der Waals surface area contributed by atoms with E-state index in [0.717, 1.165) is 25.7 Å². The van der Waals surface area contributed by atoms with Gasteiger partial charge in [-0.1, -0.05) is 13.3 Å². The predicted molar refractivity (Wildman–Crippen MR) is 69.1 cm³/mol. The lowest BCUT2D eigenvalue weighted by Gasteiger charge is -2.27. The molecule has 0 aromatic rings. The van der Waals surface area contributed by atoms with Crippen molar-refractivity contribution >= 4 is 5.97 Å². The molecule has 2 aliphatic rings. The van der Waals surface area contributed by atoms with Crippen molar-refractivity contribution in [2.24, 2.45) is 5.84 Å². The Bertz CT molecular complexity index is 361. The first-order valence-corrected chi connectivity index (χ1v) is 6.57. The highest BCUT2D eigenvalue weighted by atomic mass is 16.5. The Morgan fingerprint density at radius 1 is 1.61 bits per heavy atom. The number of nitrogens with two attached hydrogens (primary N) is 1. The van der Waals surface area contributed by atoms with Gasteiger partial charge in [-0.3, -0.25) is 5.84 Å². The van der Waals surface area contributed by atoms with Crippen LogP contribution in [0.3, 0.4) is 0 Å². The summed E-state index contributed by atoms with van der Waals surface area (Å²) in [5.74, 6) is 5.67. The average molecular weight is 251 g/mol. The van der Waals surface area contributed by atoms with Gasteiger partial charge in [0, 0.05) is 12.2 Å². The minimum atomic E-state index is -0.277. The number of hydrazine groups is 1. The van der Waals surface area contributed by atoms with Crippen molar-refractivity contribution < 1.29 is 9.53 Å². The summed E-state index contributed by atoms with van der Waals surface area (Å²) in [6.07, 6.45) is 9.55. The van der Waals surface area contributed by atoms with Gasteiger partial charge in [0.05, 0.1) is 12.2 Å². The number of dihydropyridines is 1. The van der Waals surface area contributed by atoms with Gasteiger partial charge in [0.25, 0.3) is 0 Å². The maximum Gasteiger partial charge on any atom is 0.339 e. The molecule has 0 spiro atoms. The van der Waals surface area contributed by atoms with E-state index in [1.165, 1.54) is 0 Å². The molecule has 5 nitrogen and oxygen atoms in total. The lowest BCUT2D eigenvalue weighted by Crippen LogP contribution is -2.49. The fourth-order valence-electron chi connectivity index (χ4n) is 1.78. The van der Waals surface area contributed by atoms with Crippen molar-refractivity contribution in [1.29, 1.82) is 0 Å². The molecular formula is C13H21N3O2. The van der Waals surface area contributed by atoms with Crippen LogP contribution in [0.5, 0.6) is 0 Å². The van der Waals surface area contributed by atoms with Gasteiger partial charge in [0.15, 0.2) is 0 Å². The molecule has 1 unspecified atom stereocenters. The van der Waals surface area contributed by atoms with E-state index in [-0.39, 0.29) is 12.1 Å². The topological polar surface area (TPSA) is 67.6 Å². The van der Waals surface area contributed by atoms with Gasteiger partial charge in [-0.05, 0) is 31.4 Å². The third-order valence-corrected chi connectivity index (χ3v) is 3.12. The van der Waals surface area contributed by atoms with E-state index < -0.39 is 0 Å². The summed E-state index contributed by atoms with van der Waals surface area (Å²) in [6, 6.07) is 0.471. The molecular weight excluding hydrogens is 230 g/mol. The van der Waals surface area contributed by atoms with E-state index in [4.69, 9.17) is 10.6 Å². The molecule has 1 fully saturated rings. The molecule has 2 rings (SSSR count). The highest BCUT2D eigenvalue weighted by Gasteiger charge is 2.31. The quantitative estimate of drug-likeness (QED) is 0.319. The fraction of sp³-hybridized carbons (Fsp3) is 0.615. The van der Waals surface area contributed by atoms with Gasteiger partial charge in [0.1, 0.15) is 6.17 Å². The monoisotopic (exact) mass is 251 g/mol. The molecule has 0 aromatic heterocycles. The largest absolute Gasteiger partial charge is 0.462 e. The van der Waals surface area contributed by atoms with Gasteiger partial charge in [-0.25, -0.2) is 9.80 Å². The molecule has 1 heterocycles. The second-order valence-corrected chi connectivity index (χ2v) is 4.74. The van der Waals surface area contributed by atoms with Crippen LogP contribution in [0.1, 0.15) is 32.6 Å². The van der Waals surface area contributed by atoms with Crippen molar-refractivity contribution in [3.8, 4) is 0 Å². The summed E-state index contributed by atoms with van der Waals surface area (Å²) in [5.41, 5.74) is 0.548. The molecule has 18 heavy (non-hydrogen) atoms. The molecule has 3 N–H and O–H groups in total. The van der Waals surface area contributed by atoms with Crippen molar-refractivity contribution in [2.45, 2.75) is 44.8 Å². The number of nitrogens with zero attached hydrogens (tertiary/aromatic N) is 1. The molecule has 0 amide bonds. The number of unbranched alkanes of at least 4 members (excludes halogenated alkanes) is 1. The van der Waals surface area contributed by atoms with Crippen molar-refractivity contribution in [3.05, 3.63) is 23.9 Å². The summed E-state index contributed by atoms with van der Waals surface area (Å²) < 4.78 is 5.13. The van der Waals surface area contributed by atoms with Crippen molar-refractivity contribution in [1.82, 2.24) is 10.3 Å². The molecule has 100 valence electrons. The van der Waals surface area contributed by atoms with Gasteiger partial charge >= 0.3 is 5.97 Å². The Hall–Kier alpha value is -1.33.